The molecule has 0 saturated carbocycles. The third-order valence-corrected chi connectivity index (χ3v) is 8.34. The highest BCUT2D eigenvalue weighted by molar-refractivity contribution is 7.07. The Hall–Kier alpha value is -3.80. The summed E-state index contributed by atoms with van der Waals surface area (Å²) in [6.45, 7) is 8.27. The first-order chi connectivity index (χ1) is 19.5. The molecule has 1 unspecified atom stereocenters. The molecule has 2 aromatic carbocycles. The molecule has 10 nitrogen and oxygen atoms in total. The minimum Gasteiger partial charge on any atom is -0.459 e. The summed E-state index contributed by atoms with van der Waals surface area (Å²) in [7, 11) is 2.03. The van der Waals surface area contributed by atoms with E-state index in [-0.39, 0.29) is 27.8 Å². The van der Waals surface area contributed by atoms with Gasteiger partial charge >= 0.3 is 5.97 Å². The Labute approximate surface area is 245 Å². The molecule has 0 aliphatic carbocycles. The first-order valence-electron chi connectivity index (χ1n) is 13.2. The minimum absolute atomic E-state index is 0.00955. The van der Waals surface area contributed by atoms with Crippen LogP contribution < -0.4 is 19.8 Å². The highest BCUT2D eigenvalue weighted by atomic mass is 35.5. The van der Waals surface area contributed by atoms with Gasteiger partial charge in [0, 0.05) is 37.3 Å². The maximum absolute atomic E-state index is 13.9. The van der Waals surface area contributed by atoms with Crippen molar-refractivity contribution < 1.29 is 14.5 Å². The smallest absolute Gasteiger partial charge is 0.338 e. The molecule has 1 aromatic heterocycles. The number of anilines is 1. The minimum atomic E-state index is -0.772. The molecule has 2 aliphatic rings. The highest BCUT2D eigenvalue weighted by Gasteiger charge is 2.34. The number of carbonyl (C=O) groups is 1. The van der Waals surface area contributed by atoms with Gasteiger partial charge in [-0.15, -0.1) is 0 Å². The Bertz CT molecular complexity index is 1720. The van der Waals surface area contributed by atoms with Crippen molar-refractivity contribution >= 4 is 46.4 Å². The summed E-state index contributed by atoms with van der Waals surface area (Å²) in [6.07, 6.45) is 1.28. The van der Waals surface area contributed by atoms with Crippen LogP contribution in [0.25, 0.3) is 6.08 Å². The molecule has 0 bridgehead atoms. The molecular weight excluding hydrogens is 566 g/mol. The number of rotatable bonds is 6. The van der Waals surface area contributed by atoms with E-state index in [2.05, 4.69) is 9.89 Å². The van der Waals surface area contributed by atoms with Crippen LogP contribution in [0.3, 0.4) is 0 Å². The maximum atomic E-state index is 13.9. The predicted octanol–water partition coefficient (Wildman–Crippen LogP) is 3.50. The number of hydrogen-bond donors (Lipinski definition) is 0. The normalized spacial score (nSPS) is 18.0. The molecule has 12 heteroatoms. The summed E-state index contributed by atoms with van der Waals surface area (Å²) in [4.78, 5) is 47.9. The van der Waals surface area contributed by atoms with Gasteiger partial charge in [-0.1, -0.05) is 41.1 Å². The Morgan fingerprint density at radius 3 is 2.49 bits per heavy atom. The molecule has 0 amide bonds. The second-order valence-electron chi connectivity index (χ2n) is 10.4. The number of halogens is 1. The summed E-state index contributed by atoms with van der Waals surface area (Å²) in [6, 6.07) is 11.2. The van der Waals surface area contributed by atoms with Crippen molar-refractivity contribution in [3.05, 3.63) is 99.7 Å². The van der Waals surface area contributed by atoms with Gasteiger partial charge in [0.1, 0.15) is 5.69 Å². The number of nitro groups is 1. The third kappa shape index (κ3) is 5.83. The van der Waals surface area contributed by atoms with E-state index < -0.39 is 12.0 Å². The number of thiazole rings is 1. The number of esters is 1. The molecular formula is C29H30ClN5O5S. The molecule has 41 heavy (non-hydrogen) atoms. The maximum Gasteiger partial charge on any atom is 0.338 e. The molecule has 1 saturated heterocycles. The SMILES string of the molecule is CC1=C(C(=O)OC(C)C)C(c2ccc(Cl)cc2)n2c(sc(=Cc3ccc(N4CCN(C)CC4)c([N+](=O)[O-])c3)c2=O)=N1. The van der Waals surface area contributed by atoms with Gasteiger partial charge in [-0.2, -0.15) is 0 Å². The van der Waals surface area contributed by atoms with Crippen LogP contribution in [0.5, 0.6) is 0 Å². The number of allylic oxidation sites excluding steroid dienone is 1. The Balaban J connectivity index is 1.61. The monoisotopic (exact) mass is 595 g/mol. The van der Waals surface area contributed by atoms with E-state index >= 15 is 0 Å². The Morgan fingerprint density at radius 2 is 1.85 bits per heavy atom. The van der Waals surface area contributed by atoms with E-state index in [9.17, 15) is 19.7 Å². The third-order valence-electron chi connectivity index (χ3n) is 7.11. The first-order valence-corrected chi connectivity index (χ1v) is 14.4. The fourth-order valence-electron chi connectivity index (χ4n) is 5.06. The number of piperazine rings is 1. The Kier molecular flexibility index (Phi) is 8.12. The van der Waals surface area contributed by atoms with Gasteiger partial charge in [0.05, 0.1) is 32.9 Å². The van der Waals surface area contributed by atoms with Crippen molar-refractivity contribution in [3.8, 4) is 0 Å². The van der Waals surface area contributed by atoms with Crippen molar-refractivity contribution in [2.75, 3.05) is 38.1 Å². The zero-order valence-corrected chi connectivity index (χ0v) is 24.7. The standard InChI is InChI=1S/C29H30ClN5O5S/c1-17(2)40-28(37)25-18(3)31-29-34(26(25)20-6-8-21(30)9-7-20)27(36)24(41-29)16-19-5-10-22(23(15-19)35(38)39)33-13-11-32(4)12-14-33/h5-10,15-17,26H,11-14H2,1-4H3. The van der Waals surface area contributed by atoms with Crippen LogP contribution >= 0.6 is 22.9 Å². The zero-order valence-electron chi connectivity index (χ0n) is 23.2. The molecule has 3 heterocycles. The number of hydrogen-bond acceptors (Lipinski definition) is 9. The van der Waals surface area contributed by atoms with Gasteiger partial charge in [-0.25, -0.2) is 9.79 Å². The second kappa shape index (κ2) is 11.6. The lowest BCUT2D eigenvalue weighted by atomic mass is 9.96. The number of carbonyl (C=O) groups excluding carboxylic acids is 1. The van der Waals surface area contributed by atoms with Gasteiger partial charge < -0.3 is 14.5 Å². The van der Waals surface area contributed by atoms with Gasteiger partial charge in [0.15, 0.2) is 4.80 Å². The molecule has 0 radical (unpaired) electrons. The quantitative estimate of drug-likeness (QED) is 0.244. The van der Waals surface area contributed by atoms with Crippen LogP contribution in [0.2, 0.25) is 5.02 Å². The predicted molar refractivity (Wildman–Crippen MR) is 159 cm³/mol. The lowest BCUT2D eigenvalue weighted by Gasteiger charge is -2.33. The van der Waals surface area contributed by atoms with Crippen molar-refractivity contribution in [1.82, 2.24) is 9.47 Å². The molecule has 214 valence electrons. The largest absolute Gasteiger partial charge is 0.459 e. The molecule has 1 fully saturated rings. The molecule has 2 aliphatic heterocycles. The average Bonchev–Trinajstić information content (AvgIpc) is 3.22. The number of benzene rings is 2. The van der Waals surface area contributed by atoms with Crippen molar-refractivity contribution in [1.29, 1.82) is 0 Å². The summed E-state index contributed by atoms with van der Waals surface area (Å²) >= 11 is 7.29. The lowest BCUT2D eigenvalue weighted by molar-refractivity contribution is -0.384. The first kappa shape index (κ1) is 28.7. The summed E-state index contributed by atoms with van der Waals surface area (Å²) in [5, 5.41) is 12.5. The summed E-state index contributed by atoms with van der Waals surface area (Å²) in [5.74, 6) is -0.550. The number of nitrogens with zero attached hydrogens (tertiary/aromatic N) is 5. The Morgan fingerprint density at radius 1 is 1.17 bits per heavy atom. The van der Waals surface area contributed by atoms with Crippen LogP contribution in [0, 0.1) is 10.1 Å². The molecule has 0 N–H and O–H groups in total. The average molecular weight is 596 g/mol. The van der Waals surface area contributed by atoms with Crippen LogP contribution in [0.1, 0.15) is 37.9 Å². The van der Waals surface area contributed by atoms with Crippen molar-refractivity contribution in [2.24, 2.45) is 4.99 Å². The molecule has 0 spiro atoms. The van der Waals surface area contributed by atoms with Crippen LogP contribution in [0.4, 0.5) is 11.4 Å². The van der Waals surface area contributed by atoms with Crippen molar-refractivity contribution in [3.63, 3.8) is 0 Å². The zero-order chi connectivity index (χ0) is 29.4. The summed E-state index contributed by atoms with van der Waals surface area (Å²) in [5.41, 5.74) is 2.12. The van der Waals surface area contributed by atoms with E-state index in [1.807, 2.05) is 11.9 Å². The molecule has 1 atom stereocenters. The van der Waals surface area contributed by atoms with Crippen molar-refractivity contribution in [2.45, 2.75) is 32.9 Å². The van der Waals surface area contributed by atoms with E-state index in [0.717, 1.165) is 13.1 Å². The molecule has 3 aromatic rings. The van der Waals surface area contributed by atoms with E-state index in [1.54, 1.807) is 63.2 Å². The number of nitro benzene ring substituents is 1. The number of aromatic nitrogens is 1. The van der Waals surface area contributed by atoms with Gasteiger partial charge in [-0.3, -0.25) is 19.5 Å². The summed E-state index contributed by atoms with van der Waals surface area (Å²) < 4.78 is 7.35. The van der Waals surface area contributed by atoms with Gasteiger partial charge in [0.2, 0.25) is 0 Å². The van der Waals surface area contributed by atoms with Gasteiger partial charge in [0.25, 0.3) is 11.2 Å². The number of fused-ring (bicyclic) bond motifs is 1. The number of ether oxygens (including phenoxy) is 1. The van der Waals surface area contributed by atoms with E-state index in [1.165, 1.54) is 22.0 Å². The fraction of sp³-hybridized carbons (Fsp3) is 0.345. The topological polar surface area (TPSA) is 110 Å². The second-order valence-corrected chi connectivity index (χ2v) is 11.8. The van der Waals surface area contributed by atoms with Crippen LogP contribution in [0.15, 0.2) is 63.5 Å². The van der Waals surface area contributed by atoms with E-state index in [4.69, 9.17) is 16.3 Å². The fourth-order valence-corrected chi connectivity index (χ4v) is 6.24. The van der Waals surface area contributed by atoms with E-state index in [0.29, 0.717) is 50.0 Å². The van der Waals surface area contributed by atoms with Crippen LogP contribution in [-0.2, 0) is 9.53 Å². The van der Waals surface area contributed by atoms with Gasteiger partial charge in [-0.05, 0) is 63.2 Å². The number of likely N-dealkylation sites (N-methyl/N-ethyl adjacent to an activating group) is 1. The molecule has 5 rings (SSSR count). The van der Waals surface area contributed by atoms with Crippen LogP contribution in [-0.4, -0.2) is 59.7 Å². The lowest BCUT2D eigenvalue weighted by Crippen LogP contribution is -2.44. The highest BCUT2D eigenvalue weighted by Crippen LogP contribution is 2.32.